The molecule has 2 aliphatic rings. The van der Waals surface area contributed by atoms with Gasteiger partial charge >= 0.3 is 0 Å². The van der Waals surface area contributed by atoms with Crippen LogP contribution < -0.4 is 5.32 Å². The lowest BCUT2D eigenvalue weighted by Gasteiger charge is -2.42. The zero-order chi connectivity index (χ0) is 9.97. The van der Waals surface area contributed by atoms with Crippen LogP contribution in [-0.4, -0.2) is 61.7 Å². The molecule has 2 atom stereocenters. The minimum absolute atomic E-state index is 0.687. The number of rotatable bonds is 1. The summed E-state index contributed by atoms with van der Waals surface area (Å²) in [5.41, 5.74) is 0. The fourth-order valence-corrected chi connectivity index (χ4v) is 2.68. The van der Waals surface area contributed by atoms with Crippen LogP contribution in [0, 0.1) is 0 Å². The fourth-order valence-electron chi connectivity index (χ4n) is 2.68. The van der Waals surface area contributed by atoms with Crippen LogP contribution in [0.1, 0.15) is 19.8 Å². The number of piperidine rings is 1. The molecule has 0 spiro atoms. The third kappa shape index (κ3) is 2.27. The van der Waals surface area contributed by atoms with Crippen molar-refractivity contribution in [2.24, 2.45) is 0 Å². The van der Waals surface area contributed by atoms with E-state index >= 15 is 0 Å². The second kappa shape index (κ2) is 4.60. The summed E-state index contributed by atoms with van der Waals surface area (Å²) in [6.07, 6.45) is 2.74. The molecular formula is C11H23N3. The predicted molar refractivity (Wildman–Crippen MR) is 59.6 cm³/mol. The maximum atomic E-state index is 3.59. The molecule has 0 bridgehead atoms. The Morgan fingerprint density at radius 3 is 2.50 bits per heavy atom. The van der Waals surface area contributed by atoms with Crippen molar-refractivity contribution >= 4 is 0 Å². The quantitative estimate of drug-likeness (QED) is 0.655. The van der Waals surface area contributed by atoms with Gasteiger partial charge in [-0.15, -0.1) is 0 Å². The van der Waals surface area contributed by atoms with Gasteiger partial charge in [0.1, 0.15) is 0 Å². The van der Waals surface area contributed by atoms with E-state index in [0.29, 0.717) is 6.04 Å². The van der Waals surface area contributed by atoms with E-state index in [9.17, 15) is 0 Å². The monoisotopic (exact) mass is 197 g/mol. The zero-order valence-electron chi connectivity index (χ0n) is 9.50. The Morgan fingerprint density at radius 1 is 1.14 bits per heavy atom. The van der Waals surface area contributed by atoms with Gasteiger partial charge < -0.3 is 10.2 Å². The van der Waals surface area contributed by atoms with Crippen molar-refractivity contribution < 1.29 is 0 Å². The van der Waals surface area contributed by atoms with Gasteiger partial charge in [-0.25, -0.2) is 0 Å². The highest BCUT2D eigenvalue weighted by Crippen LogP contribution is 2.17. The molecule has 2 rings (SSSR count). The van der Waals surface area contributed by atoms with Crippen LogP contribution in [0.15, 0.2) is 0 Å². The van der Waals surface area contributed by atoms with Gasteiger partial charge in [-0.2, -0.15) is 0 Å². The molecule has 2 unspecified atom stereocenters. The maximum Gasteiger partial charge on any atom is 0.0248 e. The van der Waals surface area contributed by atoms with Crippen molar-refractivity contribution in [3.63, 3.8) is 0 Å². The highest BCUT2D eigenvalue weighted by molar-refractivity contribution is 4.87. The van der Waals surface area contributed by atoms with E-state index in [2.05, 4.69) is 29.1 Å². The fraction of sp³-hybridized carbons (Fsp3) is 1.00. The number of nitrogens with one attached hydrogen (secondary N) is 1. The van der Waals surface area contributed by atoms with Crippen LogP contribution in [0.5, 0.6) is 0 Å². The molecule has 0 amide bonds. The van der Waals surface area contributed by atoms with Gasteiger partial charge in [-0.3, -0.25) is 4.90 Å². The lowest BCUT2D eigenvalue weighted by atomic mass is 9.97. The molecule has 0 aromatic carbocycles. The minimum Gasteiger partial charge on any atom is -0.313 e. The Bertz CT molecular complexity index is 175. The van der Waals surface area contributed by atoms with Crippen LogP contribution in [0.2, 0.25) is 0 Å². The van der Waals surface area contributed by atoms with Gasteiger partial charge in [0.2, 0.25) is 0 Å². The number of likely N-dealkylation sites (N-methyl/N-ethyl adjacent to an activating group) is 1. The topological polar surface area (TPSA) is 18.5 Å². The second-order valence-electron chi connectivity index (χ2n) is 4.79. The highest BCUT2D eigenvalue weighted by atomic mass is 15.3. The molecule has 3 nitrogen and oxygen atoms in total. The van der Waals surface area contributed by atoms with E-state index in [1.54, 1.807) is 0 Å². The van der Waals surface area contributed by atoms with E-state index in [4.69, 9.17) is 0 Å². The molecular weight excluding hydrogens is 174 g/mol. The molecule has 1 N–H and O–H groups in total. The number of hydrogen-bond acceptors (Lipinski definition) is 3. The van der Waals surface area contributed by atoms with Gasteiger partial charge in [0.05, 0.1) is 0 Å². The summed E-state index contributed by atoms with van der Waals surface area (Å²) in [5.74, 6) is 0. The predicted octanol–water partition coefficient (Wildman–Crippen LogP) is 0.374. The molecule has 0 aliphatic carbocycles. The van der Waals surface area contributed by atoms with E-state index in [1.165, 1.54) is 45.6 Å². The lowest BCUT2D eigenvalue weighted by Crippen LogP contribution is -2.57. The Hall–Kier alpha value is -0.120. The molecule has 0 aromatic rings. The highest BCUT2D eigenvalue weighted by Gasteiger charge is 2.28. The largest absolute Gasteiger partial charge is 0.313 e. The van der Waals surface area contributed by atoms with Crippen molar-refractivity contribution in [2.75, 3.05) is 39.8 Å². The van der Waals surface area contributed by atoms with Crippen molar-refractivity contribution in [3.05, 3.63) is 0 Å². The van der Waals surface area contributed by atoms with Gasteiger partial charge in [-0.05, 0) is 33.4 Å². The average molecular weight is 197 g/mol. The first kappa shape index (κ1) is 10.4. The minimum atomic E-state index is 0.687. The van der Waals surface area contributed by atoms with Crippen molar-refractivity contribution in [1.29, 1.82) is 0 Å². The van der Waals surface area contributed by atoms with Crippen molar-refractivity contribution in [2.45, 2.75) is 31.8 Å². The first-order valence-corrected chi connectivity index (χ1v) is 5.93. The lowest BCUT2D eigenvalue weighted by molar-refractivity contribution is 0.0781. The molecule has 0 radical (unpaired) electrons. The summed E-state index contributed by atoms with van der Waals surface area (Å²) in [6.45, 7) is 8.54. The number of hydrogen-bond donors (Lipinski definition) is 1. The molecule has 0 saturated carbocycles. The van der Waals surface area contributed by atoms with Crippen LogP contribution >= 0.6 is 0 Å². The second-order valence-corrected chi connectivity index (χ2v) is 4.79. The molecule has 0 aromatic heterocycles. The van der Waals surface area contributed by atoms with Crippen molar-refractivity contribution in [1.82, 2.24) is 15.1 Å². The molecule has 2 saturated heterocycles. The first-order chi connectivity index (χ1) is 6.77. The molecule has 3 heteroatoms. The van der Waals surface area contributed by atoms with Gasteiger partial charge in [0, 0.05) is 38.3 Å². The summed E-state index contributed by atoms with van der Waals surface area (Å²) >= 11 is 0. The van der Waals surface area contributed by atoms with Crippen LogP contribution in [0.25, 0.3) is 0 Å². The Balaban J connectivity index is 1.87. The van der Waals surface area contributed by atoms with E-state index in [-0.39, 0.29) is 0 Å². The molecule has 2 fully saturated rings. The van der Waals surface area contributed by atoms with E-state index in [1.807, 2.05) is 0 Å². The normalized spacial score (nSPS) is 37.3. The van der Waals surface area contributed by atoms with E-state index in [0.717, 1.165) is 6.04 Å². The number of piperazine rings is 1. The summed E-state index contributed by atoms with van der Waals surface area (Å²) in [6, 6.07) is 1.48. The average Bonchev–Trinajstić information content (AvgIpc) is 2.20. The van der Waals surface area contributed by atoms with Crippen molar-refractivity contribution in [3.8, 4) is 0 Å². The third-order valence-corrected chi connectivity index (χ3v) is 3.73. The van der Waals surface area contributed by atoms with E-state index < -0.39 is 0 Å². The van der Waals surface area contributed by atoms with Crippen LogP contribution in [0.4, 0.5) is 0 Å². The van der Waals surface area contributed by atoms with Gasteiger partial charge in [0.15, 0.2) is 0 Å². The summed E-state index contributed by atoms with van der Waals surface area (Å²) in [7, 11) is 2.22. The van der Waals surface area contributed by atoms with Gasteiger partial charge in [0.25, 0.3) is 0 Å². The standard InChI is InChI=1S/C11H23N3/c1-10-11(4-3-5-12-10)14-8-6-13(2)7-9-14/h10-12H,3-9H2,1-2H3. The first-order valence-electron chi connectivity index (χ1n) is 5.93. The molecule has 2 aliphatic heterocycles. The van der Waals surface area contributed by atoms with Crippen LogP contribution in [0.3, 0.4) is 0 Å². The molecule has 2 heterocycles. The Morgan fingerprint density at radius 2 is 1.86 bits per heavy atom. The smallest absolute Gasteiger partial charge is 0.0248 e. The Labute approximate surface area is 87.4 Å². The molecule has 82 valence electrons. The number of nitrogens with zero attached hydrogens (tertiary/aromatic N) is 2. The maximum absolute atomic E-state index is 3.59. The van der Waals surface area contributed by atoms with Crippen LogP contribution in [-0.2, 0) is 0 Å². The third-order valence-electron chi connectivity index (χ3n) is 3.73. The van der Waals surface area contributed by atoms with Gasteiger partial charge in [-0.1, -0.05) is 0 Å². The summed E-state index contributed by atoms with van der Waals surface area (Å²) in [5, 5.41) is 3.59. The SMILES string of the molecule is CC1NCCCC1N1CCN(C)CC1. The summed E-state index contributed by atoms with van der Waals surface area (Å²) in [4.78, 5) is 5.11. The summed E-state index contributed by atoms with van der Waals surface area (Å²) < 4.78 is 0. The molecule has 14 heavy (non-hydrogen) atoms. The zero-order valence-corrected chi connectivity index (χ0v) is 9.50. The Kier molecular flexibility index (Phi) is 3.42.